The van der Waals surface area contributed by atoms with Gasteiger partial charge in [0.1, 0.15) is 5.92 Å². The molecule has 1 heterocycles. The molecule has 1 unspecified atom stereocenters. The first kappa shape index (κ1) is 12.1. The van der Waals surface area contributed by atoms with Gasteiger partial charge < -0.3 is 15.5 Å². The highest BCUT2D eigenvalue weighted by molar-refractivity contribution is 5.77. The number of aliphatic hydroxyl groups is 1. The van der Waals surface area contributed by atoms with Crippen molar-refractivity contribution in [3.8, 4) is 0 Å². The molecule has 1 fully saturated rings. The molecule has 1 saturated heterocycles. The van der Waals surface area contributed by atoms with Crippen LogP contribution in [-0.4, -0.2) is 34.9 Å². The average molecular weight is 235 g/mol. The molecule has 1 aromatic rings. The molecule has 17 heavy (non-hydrogen) atoms. The monoisotopic (exact) mass is 235 g/mol. The Bertz CT molecular complexity index is 385. The number of carbonyl (C=O) groups is 1. The van der Waals surface area contributed by atoms with Crippen LogP contribution in [0.2, 0.25) is 0 Å². The normalized spacial score (nSPS) is 20.8. The Balaban J connectivity index is 2.32. The highest BCUT2D eigenvalue weighted by Gasteiger charge is 2.43. The van der Waals surface area contributed by atoms with Gasteiger partial charge in [-0.2, -0.15) is 0 Å². The van der Waals surface area contributed by atoms with Crippen LogP contribution in [0, 0.1) is 0 Å². The van der Waals surface area contributed by atoms with E-state index in [4.69, 9.17) is 0 Å². The smallest absolute Gasteiger partial charge is 0.313 e. The molecule has 1 aliphatic rings. The van der Waals surface area contributed by atoms with Gasteiger partial charge >= 0.3 is 5.97 Å². The Morgan fingerprint density at radius 3 is 2.35 bits per heavy atom. The molecule has 4 nitrogen and oxygen atoms in total. The Morgan fingerprint density at radius 2 is 1.82 bits per heavy atom. The molecule has 0 spiro atoms. The summed E-state index contributed by atoms with van der Waals surface area (Å²) in [6, 6.07) is 8.97. The molecule has 1 aromatic carbocycles. The predicted octanol–water partition coefficient (Wildman–Crippen LogP) is 0.969. The van der Waals surface area contributed by atoms with Crippen LogP contribution in [0.3, 0.4) is 0 Å². The quantitative estimate of drug-likeness (QED) is 0.730. The van der Waals surface area contributed by atoms with Gasteiger partial charge in [-0.1, -0.05) is 30.3 Å². The third-order valence-corrected chi connectivity index (χ3v) is 3.39. The van der Waals surface area contributed by atoms with Crippen LogP contribution in [0.4, 0.5) is 0 Å². The van der Waals surface area contributed by atoms with E-state index >= 15 is 0 Å². The first-order chi connectivity index (χ1) is 8.13. The van der Waals surface area contributed by atoms with E-state index in [1.165, 1.54) is 0 Å². The van der Waals surface area contributed by atoms with Crippen molar-refractivity contribution in [1.82, 2.24) is 5.32 Å². The van der Waals surface area contributed by atoms with E-state index in [0.29, 0.717) is 31.5 Å². The molecule has 0 amide bonds. The van der Waals surface area contributed by atoms with Gasteiger partial charge in [0.25, 0.3) is 0 Å². The molecular weight excluding hydrogens is 218 g/mol. The van der Waals surface area contributed by atoms with E-state index in [-0.39, 0.29) is 0 Å². The van der Waals surface area contributed by atoms with E-state index in [9.17, 15) is 15.0 Å². The van der Waals surface area contributed by atoms with E-state index in [2.05, 4.69) is 5.32 Å². The number of carboxylic acid groups (broad SMARTS) is 1. The van der Waals surface area contributed by atoms with Gasteiger partial charge in [0.2, 0.25) is 0 Å². The molecule has 1 aliphatic heterocycles. The SMILES string of the molecule is O=C(O)C(c1ccccc1)C1(O)CCNCC1. The van der Waals surface area contributed by atoms with Crippen molar-refractivity contribution < 1.29 is 15.0 Å². The molecule has 0 radical (unpaired) electrons. The molecule has 2 rings (SSSR count). The largest absolute Gasteiger partial charge is 0.481 e. The van der Waals surface area contributed by atoms with Crippen LogP contribution in [0.15, 0.2) is 30.3 Å². The van der Waals surface area contributed by atoms with Crippen molar-refractivity contribution >= 4 is 5.97 Å². The Labute approximate surface area is 100 Å². The minimum absolute atomic E-state index is 0.471. The fourth-order valence-electron chi connectivity index (χ4n) is 2.48. The summed E-state index contributed by atoms with van der Waals surface area (Å²) in [5.74, 6) is -1.80. The van der Waals surface area contributed by atoms with Gasteiger partial charge in [0, 0.05) is 0 Å². The Kier molecular flexibility index (Phi) is 3.45. The summed E-state index contributed by atoms with van der Waals surface area (Å²) >= 11 is 0. The van der Waals surface area contributed by atoms with Gasteiger partial charge in [-0.3, -0.25) is 4.79 Å². The summed E-state index contributed by atoms with van der Waals surface area (Å²) < 4.78 is 0. The summed E-state index contributed by atoms with van der Waals surface area (Å²) in [6.45, 7) is 1.32. The molecule has 92 valence electrons. The minimum atomic E-state index is -1.14. The molecule has 4 heteroatoms. The third-order valence-electron chi connectivity index (χ3n) is 3.39. The Morgan fingerprint density at radius 1 is 1.24 bits per heavy atom. The van der Waals surface area contributed by atoms with Gasteiger partial charge in [-0.05, 0) is 31.5 Å². The standard InChI is InChI=1S/C13H17NO3/c15-12(16)11(10-4-2-1-3-5-10)13(17)6-8-14-9-7-13/h1-5,11,14,17H,6-9H2,(H,15,16). The number of hydrogen-bond acceptors (Lipinski definition) is 3. The number of benzene rings is 1. The highest BCUT2D eigenvalue weighted by Crippen LogP contribution is 2.35. The summed E-state index contributed by atoms with van der Waals surface area (Å²) in [7, 11) is 0. The first-order valence-corrected chi connectivity index (χ1v) is 5.84. The second-order valence-corrected chi connectivity index (χ2v) is 4.54. The number of carboxylic acids is 1. The van der Waals surface area contributed by atoms with Crippen molar-refractivity contribution in [3.05, 3.63) is 35.9 Å². The maximum Gasteiger partial charge on any atom is 0.313 e. The van der Waals surface area contributed by atoms with Crippen molar-refractivity contribution in [2.24, 2.45) is 0 Å². The fourth-order valence-corrected chi connectivity index (χ4v) is 2.48. The summed E-state index contributed by atoms with van der Waals surface area (Å²) in [5, 5.41) is 23.0. The van der Waals surface area contributed by atoms with E-state index in [0.717, 1.165) is 0 Å². The summed E-state index contributed by atoms with van der Waals surface area (Å²) in [4.78, 5) is 11.4. The number of rotatable bonds is 3. The van der Waals surface area contributed by atoms with Crippen LogP contribution >= 0.6 is 0 Å². The lowest BCUT2D eigenvalue weighted by atomic mass is 9.76. The van der Waals surface area contributed by atoms with Crippen LogP contribution in [-0.2, 0) is 4.79 Å². The lowest BCUT2D eigenvalue weighted by Crippen LogP contribution is -2.48. The zero-order valence-electron chi connectivity index (χ0n) is 9.60. The lowest BCUT2D eigenvalue weighted by molar-refractivity contribution is -0.147. The minimum Gasteiger partial charge on any atom is -0.481 e. The second-order valence-electron chi connectivity index (χ2n) is 4.54. The molecule has 0 saturated carbocycles. The van der Waals surface area contributed by atoms with E-state index < -0.39 is 17.5 Å². The summed E-state index contributed by atoms with van der Waals surface area (Å²) in [6.07, 6.45) is 0.942. The van der Waals surface area contributed by atoms with Crippen molar-refractivity contribution in [2.75, 3.05) is 13.1 Å². The second kappa shape index (κ2) is 4.85. The maximum atomic E-state index is 11.4. The predicted molar refractivity (Wildman–Crippen MR) is 63.9 cm³/mol. The zero-order valence-corrected chi connectivity index (χ0v) is 9.60. The maximum absolute atomic E-state index is 11.4. The van der Waals surface area contributed by atoms with Gasteiger partial charge in [-0.15, -0.1) is 0 Å². The molecular formula is C13H17NO3. The highest BCUT2D eigenvalue weighted by atomic mass is 16.4. The number of aliphatic carboxylic acids is 1. The molecule has 0 aliphatic carbocycles. The van der Waals surface area contributed by atoms with Crippen molar-refractivity contribution in [1.29, 1.82) is 0 Å². The number of hydrogen-bond donors (Lipinski definition) is 3. The molecule has 1 atom stereocenters. The van der Waals surface area contributed by atoms with Gasteiger partial charge in [-0.25, -0.2) is 0 Å². The van der Waals surface area contributed by atoms with E-state index in [1.807, 2.05) is 6.07 Å². The van der Waals surface area contributed by atoms with Gasteiger partial charge in [0.05, 0.1) is 5.60 Å². The molecule has 3 N–H and O–H groups in total. The van der Waals surface area contributed by atoms with Crippen LogP contribution in [0.5, 0.6) is 0 Å². The van der Waals surface area contributed by atoms with Crippen molar-refractivity contribution in [2.45, 2.75) is 24.4 Å². The lowest BCUT2D eigenvalue weighted by Gasteiger charge is -2.37. The number of piperidine rings is 1. The topological polar surface area (TPSA) is 69.6 Å². The van der Waals surface area contributed by atoms with Crippen LogP contribution < -0.4 is 5.32 Å². The third kappa shape index (κ3) is 2.48. The van der Waals surface area contributed by atoms with Crippen LogP contribution in [0.1, 0.15) is 24.3 Å². The van der Waals surface area contributed by atoms with E-state index in [1.54, 1.807) is 24.3 Å². The first-order valence-electron chi connectivity index (χ1n) is 5.84. The molecule has 0 aromatic heterocycles. The zero-order chi connectivity index (χ0) is 12.3. The summed E-state index contributed by atoms with van der Waals surface area (Å²) in [5.41, 5.74) is -0.470. The van der Waals surface area contributed by atoms with Crippen LogP contribution in [0.25, 0.3) is 0 Å². The van der Waals surface area contributed by atoms with Gasteiger partial charge in [0.15, 0.2) is 0 Å². The van der Waals surface area contributed by atoms with Crippen molar-refractivity contribution in [3.63, 3.8) is 0 Å². The average Bonchev–Trinajstić information content (AvgIpc) is 2.30. The number of nitrogens with one attached hydrogen (secondary N) is 1. The fraction of sp³-hybridized carbons (Fsp3) is 0.462. The molecule has 0 bridgehead atoms. The Hall–Kier alpha value is -1.39.